The van der Waals surface area contributed by atoms with Gasteiger partial charge in [-0.15, -0.1) is 0 Å². The molecule has 0 bridgehead atoms. The highest BCUT2D eigenvalue weighted by molar-refractivity contribution is 5.78. The molecule has 2 N–H and O–H groups in total. The van der Waals surface area contributed by atoms with Gasteiger partial charge in [0.2, 0.25) is 5.91 Å². The fourth-order valence-electron chi connectivity index (χ4n) is 1.47. The zero-order valence-corrected chi connectivity index (χ0v) is 8.42. The first-order valence-electron chi connectivity index (χ1n) is 5.09. The molecule has 0 aliphatic heterocycles. The summed E-state index contributed by atoms with van der Waals surface area (Å²) in [6.07, 6.45) is 2.46. The number of carbonyl (C=O) groups is 1. The van der Waals surface area contributed by atoms with Gasteiger partial charge in [0.1, 0.15) is 0 Å². The summed E-state index contributed by atoms with van der Waals surface area (Å²) >= 11 is 0. The molecule has 3 nitrogen and oxygen atoms in total. The molecular weight excluding hydrogens is 166 g/mol. The van der Waals surface area contributed by atoms with Gasteiger partial charge in [0, 0.05) is 12.5 Å². The quantitative estimate of drug-likeness (QED) is 0.684. The van der Waals surface area contributed by atoms with Crippen molar-refractivity contribution in [2.75, 3.05) is 6.54 Å². The summed E-state index contributed by atoms with van der Waals surface area (Å²) in [5, 5.41) is 11.9. The second-order valence-corrected chi connectivity index (χ2v) is 4.05. The average molecular weight is 185 g/mol. The third kappa shape index (κ3) is 2.99. The van der Waals surface area contributed by atoms with Gasteiger partial charge in [0.15, 0.2) is 0 Å². The lowest BCUT2D eigenvalue weighted by atomic mass is 9.82. The van der Waals surface area contributed by atoms with Gasteiger partial charge in [-0.2, -0.15) is 0 Å². The van der Waals surface area contributed by atoms with Crippen molar-refractivity contribution in [2.45, 2.75) is 39.2 Å². The molecule has 0 radical (unpaired) electrons. The molecule has 0 heterocycles. The van der Waals surface area contributed by atoms with Crippen molar-refractivity contribution in [1.82, 2.24) is 5.32 Å². The van der Waals surface area contributed by atoms with Crippen LogP contribution in [0.15, 0.2) is 0 Å². The van der Waals surface area contributed by atoms with Crippen molar-refractivity contribution < 1.29 is 9.90 Å². The van der Waals surface area contributed by atoms with Crippen LogP contribution in [0.4, 0.5) is 0 Å². The molecule has 1 saturated carbocycles. The summed E-state index contributed by atoms with van der Waals surface area (Å²) in [5.74, 6) is 0.761. The minimum Gasteiger partial charge on any atom is -0.393 e. The first kappa shape index (κ1) is 10.5. The number of aliphatic hydroxyl groups excluding tert-OH is 1. The van der Waals surface area contributed by atoms with Gasteiger partial charge < -0.3 is 10.4 Å². The van der Waals surface area contributed by atoms with Crippen LogP contribution >= 0.6 is 0 Å². The topological polar surface area (TPSA) is 49.3 Å². The lowest BCUT2D eigenvalue weighted by Gasteiger charge is -2.31. The Balaban J connectivity index is 2.09. The van der Waals surface area contributed by atoms with E-state index in [4.69, 9.17) is 5.11 Å². The Bertz CT molecular complexity index is 176. The Kier molecular flexibility index (Phi) is 3.72. The van der Waals surface area contributed by atoms with Gasteiger partial charge in [-0.05, 0) is 25.2 Å². The molecule has 1 amide bonds. The third-order valence-electron chi connectivity index (χ3n) is 2.84. The fourth-order valence-corrected chi connectivity index (χ4v) is 1.47. The van der Waals surface area contributed by atoms with Gasteiger partial charge in [0.05, 0.1) is 6.10 Å². The predicted octanol–water partition coefficient (Wildman–Crippen LogP) is 0.920. The van der Waals surface area contributed by atoms with Crippen molar-refractivity contribution in [3.63, 3.8) is 0 Å². The number of nitrogens with one attached hydrogen (secondary N) is 1. The first-order chi connectivity index (χ1) is 6.13. The molecular formula is C10H19NO2. The number of rotatable bonds is 4. The monoisotopic (exact) mass is 185 g/mol. The van der Waals surface area contributed by atoms with E-state index in [0.717, 1.165) is 25.8 Å². The van der Waals surface area contributed by atoms with E-state index in [2.05, 4.69) is 5.32 Å². The van der Waals surface area contributed by atoms with Gasteiger partial charge in [0.25, 0.3) is 0 Å². The Morgan fingerprint density at radius 1 is 1.62 bits per heavy atom. The number of amides is 1. The first-order valence-corrected chi connectivity index (χ1v) is 5.09. The standard InChI is InChI=1S/C10H19NO2/c1-3-7(2)10(13)11-6-8-4-9(12)5-8/h7-9,12H,3-6H2,1-2H3,(H,11,13). The zero-order valence-electron chi connectivity index (χ0n) is 8.42. The van der Waals surface area contributed by atoms with E-state index in [9.17, 15) is 4.79 Å². The number of hydrogen-bond donors (Lipinski definition) is 2. The van der Waals surface area contributed by atoms with Crippen LogP contribution in [0.5, 0.6) is 0 Å². The van der Waals surface area contributed by atoms with Crippen LogP contribution in [0.1, 0.15) is 33.1 Å². The molecule has 1 fully saturated rings. The highest BCUT2D eigenvalue weighted by atomic mass is 16.3. The Hall–Kier alpha value is -0.570. The third-order valence-corrected chi connectivity index (χ3v) is 2.84. The average Bonchev–Trinajstić information content (AvgIpc) is 2.08. The molecule has 1 unspecified atom stereocenters. The van der Waals surface area contributed by atoms with E-state index >= 15 is 0 Å². The van der Waals surface area contributed by atoms with E-state index in [0.29, 0.717) is 5.92 Å². The van der Waals surface area contributed by atoms with Crippen molar-refractivity contribution in [3.05, 3.63) is 0 Å². The van der Waals surface area contributed by atoms with Crippen LogP contribution in [0.3, 0.4) is 0 Å². The highest BCUT2D eigenvalue weighted by Crippen LogP contribution is 2.26. The van der Waals surface area contributed by atoms with Crippen LogP contribution < -0.4 is 5.32 Å². The Labute approximate surface area is 79.5 Å². The molecule has 0 spiro atoms. The summed E-state index contributed by atoms with van der Waals surface area (Å²) in [7, 11) is 0. The van der Waals surface area contributed by atoms with E-state index in [1.165, 1.54) is 0 Å². The summed E-state index contributed by atoms with van der Waals surface area (Å²) in [6.45, 7) is 4.68. The minimum absolute atomic E-state index is 0.116. The number of carbonyl (C=O) groups excluding carboxylic acids is 1. The van der Waals surface area contributed by atoms with Gasteiger partial charge >= 0.3 is 0 Å². The van der Waals surface area contributed by atoms with Gasteiger partial charge in [-0.25, -0.2) is 0 Å². The lowest BCUT2D eigenvalue weighted by Crippen LogP contribution is -2.40. The predicted molar refractivity (Wildman–Crippen MR) is 51.2 cm³/mol. The summed E-state index contributed by atoms with van der Waals surface area (Å²) in [5.41, 5.74) is 0. The molecule has 3 heteroatoms. The van der Waals surface area contributed by atoms with Crippen molar-refractivity contribution >= 4 is 5.91 Å². The Morgan fingerprint density at radius 2 is 2.23 bits per heavy atom. The molecule has 1 aliphatic rings. The summed E-state index contributed by atoms with van der Waals surface area (Å²) in [4.78, 5) is 11.3. The highest BCUT2D eigenvalue weighted by Gasteiger charge is 2.27. The smallest absolute Gasteiger partial charge is 0.222 e. The van der Waals surface area contributed by atoms with Crippen LogP contribution in [-0.4, -0.2) is 23.7 Å². The molecule has 1 aliphatic carbocycles. The Morgan fingerprint density at radius 3 is 2.69 bits per heavy atom. The normalized spacial score (nSPS) is 29.2. The van der Waals surface area contributed by atoms with Crippen LogP contribution in [0.25, 0.3) is 0 Å². The van der Waals surface area contributed by atoms with E-state index in [-0.39, 0.29) is 17.9 Å². The van der Waals surface area contributed by atoms with E-state index in [1.54, 1.807) is 0 Å². The molecule has 1 atom stereocenters. The molecule has 13 heavy (non-hydrogen) atoms. The minimum atomic E-state index is -0.120. The second kappa shape index (κ2) is 4.61. The molecule has 0 aromatic carbocycles. The van der Waals surface area contributed by atoms with E-state index < -0.39 is 0 Å². The largest absolute Gasteiger partial charge is 0.393 e. The molecule has 1 rings (SSSR count). The molecule has 0 aromatic heterocycles. The zero-order chi connectivity index (χ0) is 9.84. The van der Waals surface area contributed by atoms with Gasteiger partial charge in [-0.1, -0.05) is 13.8 Å². The number of hydrogen-bond acceptors (Lipinski definition) is 2. The molecule has 0 aromatic rings. The SMILES string of the molecule is CCC(C)C(=O)NCC1CC(O)C1. The molecule has 76 valence electrons. The molecule has 0 saturated heterocycles. The maximum Gasteiger partial charge on any atom is 0.222 e. The number of aliphatic hydroxyl groups is 1. The van der Waals surface area contributed by atoms with Crippen LogP contribution in [0, 0.1) is 11.8 Å². The van der Waals surface area contributed by atoms with Crippen molar-refractivity contribution in [3.8, 4) is 0 Å². The van der Waals surface area contributed by atoms with E-state index in [1.807, 2.05) is 13.8 Å². The van der Waals surface area contributed by atoms with Gasteiger partial charge in [-0.3, -0.25) is 4.79 Å². The maximum atomic E-state index is 11.3. The maximum absolute atomic E-state index is 11.3. The summed E-state index contributed by atoms with van der Waals surface area (Å²) in [6, 6.07) is 0. The van der Waals surface area contributed by atoms with Crippen LogP contribution in [-0.2, 0) is 4.79 Å². The summed E-state index contributed by atoms with van der Waals surface area (Å²) < 4.78 is 0. The lowest BCUT2D eigenvalue weighted by molar-refractivity contribution is -0.125. The van der Waals surface area contributed by atoms with Crippen molar-refractivity contribution in [1.29, 1.82) is 0 Å². The fraction of sp³-hybridized carbons (Fsp3) is 0.900. The van der Waals surface area contributed by atoms with Crippen molar-refractivity contribution in [2.24, 2.45) is 11.8 Å². The van der Waals surface area contributed by atoms with Crippen LogP contribution in [0.2, 0.25) is 0 Å². The second-order valence-electron chi connectivity index (χ2n) is 4.05.